The Morgan fingerprint density at radius 1 is 1.16 bits per heavy atom. The van der Waals surface area contributed by atoms with Gasteiger partial charge >= 0.3 is 5.97 Å². The average molecular weight is 268 g/mol. The Morgan fingerprint density at radius 3 is 2.11 bits per heavy atom. The van der Waals surface area contributed by atoms with Crippen molar-refractivity contribution in [1.29, 1.82) is 0 Å². The van der Waals surface area contributed by atoms with Crippen LogP contribution in [0.25, 0.3) is 0 Å². The van der Waals surface area contributed by atoms with Crippen LogP contribution in [0.2, 0.25) is 0 Å². The lowest BCUT2D eigenvalue weighted by molar-refractivity contribution is -0.161. The van der Waals surface area contributed by atoms with Gasteiger partial charge in [0.1, 0.15) is 11.2 Å². The summed E-state index contributed by atoms with van der Waals surface area (Å²) >= 11 is 0. The van der Waals surface area contributed by atoms with E-state index in [1.807, 2.05) is 6.92 Å². The van der Waals surface area contributed by atoms with Crippen molar-refractivity contribution >= 4 is 11.8 Å². The highest BCUT2D eigenvalue weighted by Gasteiger charge is 2.33. The molecular weight excluding hydrogens is 244 g/mol. The molecule has 0 aromatic heterocycles. The zero-order chi connectivity index (χ0) is 15.3. The van der Waals surface area contributed by atoms with Crippen molar-refractivity contribution in [3.8, 4) is 0 Å². The summed E-state index contributed by atoms with van der Waals surface area (Å²) in [5, 5.41) is 0. The minimum atomic E-state index is -0.922. The van der Waals surface area contributed by atoms with Gasteiger partial charge in [0.25, 0.3) is 0 Å². The summed E-state index contributed by atoms with van der Waals surface area (Å²) in [6.07, 6.45) is 2.37. The van der Waals surface area contributed by atoms with E-state index >= 15 is 0 Å². The smallest absolute Gasteiger partial charge is 0.330 e. The number of ether oxygens (including phenoxy) is 2. The van der Waals surface area contributed by atoms with Gasteiger partial charge in [-0.05, 0) is 33.8 Å². The molecule has 0 saturated carbocycles. The highest BCUT2D eigenvalue weighted by atomic mass is 16.6. The largest absolute Gasteiger partial charge is 0.456 e. The number of hydrogen-bond donors (Lipinski definition) is 0. The molecule has 0 saturated heterocycles. The van der Waals surface area contributed by atoms with Crippen LogP contribution in [0.4, 0.5) is 0 Å². The van der Waals surface area contributed by atoms with Crippen molar-refractivity contribution in [1.82, 2.24) is 0 Å². The third kappa shape index (κ3) is 5.39. The zero-order valence-electron chi connectivity index (χ0n) is 12.5. The summed E-state index contributed by atoms with van der Waals surface area (Å²) in [7, 11) is 0. The van der Waals surface area contributed by atoms with Gasteiger partial charge in [-0.3, -0.25) is 4.79 Å². The van der Waals surface area contributed by atoms with Gasteiger partial charge in [-0.15, -0.1) is 0 Å². The lowest BCUT2D eigenvalue weighted by atomic mass is 9.93. The Kier molecular flexibility index (Phi) is 6.16. The first-order valence-corrected chi connectivity index (χ1v) is 6.23. The van der Waals surface area contributed by atoms with Crippen LogP contribution in [-0.4, -0.2) is 29.6 Å². The molecule has 4 heteroatoms. The second kappa shape index (κ2) is 6.66. The van der Waals surface area contributed by atoms with E-state index in [1.165, 1.54) is 6.08 Å². The van der Waals surface area contributed by atoms with Gasteiger partial charge in [0.2, 0.25) is 0 Å². The summed E-state index contributed by atoms with van der Waals surface area (Å²) in [6, 6.07) is 0. The lowest BCUT2D eigenvalue weighted by Crippen LogP contribution is -2.41. The van der Waals surface area contributed by atoms with E-state index in [-0.39, 0.29) is 11.7 Å². The summed E-state index contributed by atoms with van der Waals surface area (Å²) in [5.41, 5.74) is -1.62. The fourth-order valence-corrected chi connectivity index (χ4v) is 1.25. The van der Waals surface area contributed by atoms with Crippen LogP contribution >= 0.6 is 0 Å². The molecule has 0 radical (unpaired) electrons. The number of hydrogen-bond acceptors (Lipinski definition) is 4. The highest BCUT2D eigenvalue weighted by Crippen LogP contribution is 2.24. The van der Waals surface area contributed by atoms with Gasteiger partial charge in [0, 0.05) is 12.0 Å². The molecule has 0 aliphatic rings. The molecular formula is C15H24O4. The third-order valence-corrected chi connectivity index (χ3v) is 3.19. The molecule has 0 fully saturated rings. The SMILES string of the molecule is C=CC(=O)OC(C)(C)C(C)COC(C)(C)C(=O)C=C. The molecule has 108 valence electrons. The Morgan fingerprint density at radius 2 is 1.68 bits per heavy atom. The van der Waals surface area contributed by atoms with Crippen molar-refractivity contribution in [3.05, 3.63) is 25.3 Å². The lowest BCUT2D eigenvalue weighted by Gasteiger charge is -2.33. The Hall–Kier alpha value is -1.42. The van der Waals surface area contributed by atoms with E-state index in [0.717, 1.165) is 6.08 Å². The van der Waals surface area contributed by atoms with Gasteiger partial charge in [-0.2, -0.15) is 0 Å². The first-order valence-electron chi connectivity index (χ1n) is 6.23. The number of esters is 1. The second-order valence-electron chi connectivity index (χ2n) is 5.52. The zero-order valence-corrected chi connectivity index (χ0v) is 12.5. The van der Waals surface area contributed by atoms with Crippen LogP contribution in [0.5, 0.6) is 0 Å². The maximum atomic E-state index is 11.6. The third-order valence-electron chi connectivity index (χ3n) is 3.19. The summed E-state index contributed by atoms with van der Waals surface area (Å²) < 4.78 is 10.9. The van der Waals surface area contributed by atoms with Crippen molar-refractivity contribution in [2.75, 3.05) is 6.61 Å². The van der Waals surface area contributed by atoms with E-state index < -0.39 is 17.2 Å². The van der Waals surface area contributed by atoms with E-state index in [4.69, 9.17) is 9.47 Å². The summed E-state index contributed by atoms with van der Waals surface area (Å²) in [4.78, 5) is 22.8. The molecule has 0 aromatic rings. The molecule has 0 N–H and O–H groups in total. The van der Waals surface area contributed by atoms with Gasteiger partial charge in [-0.1, -0.05) is 20.1 Å². The summed E-state index contributed by atoms with van der Waals surface area (Å²) in [5.74, 6) is -0.729. The van der Waals surface area contributed by atoms with E-state index in [9.17, 15) is 9.59 Å². The first kappa shape index (κ1) is 17.6. The van der Waals surface area contributed by atoms with Crippen molar-refractivity contribution < 1.29 is 19.1 Å². The summed E-state index contributed by atoms with van der Waals surface area (Å²) in [6.45, 7) is 16.0. The standard InChI is InChI=1S/C15H24O4/c1-8-12(16)15(6,7)18-10-11(3)14(4,5)19-13(17)9-2/h8-9,11H,1-2,10H2,3-7H3. The molecule has 0 rings (SSSR count). The van der Waals surface area contributed by atoms with Gasteiger partial charge in [-0.25, -0.2) is 4.79 Å². The normalized spacial score (nSPS) is 13.5. The van der Waals surface area contributed by atoms with Crippen LogP contribution in [0.3, 0.4) is 0 Å². The molecule has 19 heavy (non-hydrogen) atoms. The quantitative estimate of drug-likeness (QED) is 0.501. The average Bonchev–Trinajstić information content (AvgIpc) is 2.33. The molecule has 0 aromatic carbocycles. The first-order chi connectivity index (χ1) is 8.56. The molecule has 1 unspecified atom stereocenters. The molecule has 0 bridgehead atoms. The Balaban J connectivity index is 4.56. The molecule has 0 aliphatic heterocycles. The van der Waals surface area contributed by atoms with Gasteiger partial charge in [0.05, 0.1) is 6.61 Å². The molecule has 0 spiro atoms. The predicted octanol–water partition coefficient (Wildman–Crippen LogP) is 2.68. The van der Waals surface area contributed by atoms with Crippen molar-refractivity contribution in [3.63, 3.8) is 0 Å². The molecule has 4 nitrogen and oxygen atoms in total. The van der Waals surface area contributed by atoms with E-state index in [0.29, 0.717) is 6.61 Å². The number of carbonyl (C=O) groups excluding carboxylic acids is 2. The monoisotopic (exact) mass is 268 g/mol. The fourth-order valence-electron chi connectivity index (χ4n) is 1.25. The number of rotatable bonds is 8. The second-order valence-corrected chi connectivity index (χ2v) is 5.52. The molecule has 0 amide bonds. The van der Waals surface area contributed by atoms with Gasteiger partial charge in [0.15, 0.2) is 5.78 Å². The van der Waals surface area contributed by atoms with E-state index in [2.05, 4.69) is 13.2 Å². The van der Waals surface area contributed by atoms with Crippen LogP contribution < -0.4 is 0 Å². The van der Waals surface area contributed by atoms with E-state index in [1.54, 1.807) is 27.7 Å². The van der Waals surface area contributed by atoms with Gasteiger partial charge < -0.3 is 9.47 Å². The topological polar surface area (TPSA) is 52.6 Å². The Bertz CT molecular complexity index is 366. The van der Waals surface area contributed by atoms with Crippen molar-refractivity contribution in [2.45, 2.75) is 45.8 Å². The van der Waals surface area contributed by atoms with Crippen LogP contribution in [0.15, 0.2) is 25.3 Å². The molecule has 0 aliphatic carbocycles. The number of carbonyl (C=O) groups is 2. The maximum Gasteiger partial charge on any atom is 0.330 e. The molecule has 0 heterocycles. The molecule has 1 atom stereocenters. The Labute approximate surface area is 115 Å². The fraction of sp³-hybridized carbons (Fsp3) is 0.600. The van der Waals surface area contributed by atoms with Crippen LogP contribution in [0, 0.1) is 5.92 Å². The minimum Gasteiger partial charge on any atom is -0.456 e. The predicted molar refractivity (Wildman–Crippen MR) is 74.8 cm³/mol. The minimum absolute atomic E-state index is 0.0757. The van der Waals surface area contributed by atoms with Crippen LogP contribution in [0.1, 0.15) is 34.6 Å². The van der Waals surface area contributed by atoms with Crippen LogP contribution in [-0.2, 0) is 19.1 Å². The number of ketones is 1. The maximum absolute atomic E-state index is 11.6. The highest BCUT2D eigenvalue weighted by molar-refractivity contribution is 5.95. The van der Waals surface area contributed by atoms with Crippen molar-refractivity contribution in [2.24, 2.45) is 5.92 Å².